The molecule has 0 saturated carbocycles. The Balaban J connectivity index is 0.976. The summed E-state index contributed by atoms with van der Waals surface area (Å²) in [4.78, 5) is 9.89. The standard InChI is InChI=1S/C53H47Cl2N4O7S2/c1-4-33(22-49-56(6-3)42-30-39(54)17-19-45(42)64-49)24-51-58(43-31-40(55)18-20-48(43)67-51)63-32-57-41-26-35-12-7-9-14-37(35)28-46(41)65-50(57)23-34(5-2)25-52-59(21-11-16-53(59)68(60,61)62)44-27-36-13-8-10-15-38(36)29-47(44)66-52/h7-10,12-15,17-20,22-31,52-53H,4-6,11,16,21,32H2,1-3H3/q+1. The molecule has 0 aliphatic carbocycles. The Labute approximate surface area is 409 Å². The van der Waals surface area contributed by atoms with E-state index >= 15 is 0 Å². The number of halogens is 2. The summed E-state index contributed by atoms with van der Waals surface area (Å²) in [5.74, 6) is 2.46. The second-order valence-electron chi connectivity index (χ2n) is 17.3. The van der Waals surface area contributed by atoms with Crippen LogP contribution in [0.5, 0.6) is 11.5 Å². The Morgan fingerprint density at radius 1 is 0.853 bits per heavy atom. The van der Waals surface area contributed by atoms with Crippen LogP contribution in [0, 0.1) is 0 Å². The highest BCUT2D eigenvalue weighted by molar-refractivity contribution is 8.03. The molecule has 1 fully saturated rings. The van der Waals surface area contributed by atoms with E-state index in [1.54, 1.807) is 11.8 Å². The Morgan fingerprint density at radius 3 is 2.26 bits per heavy atom. The molecule has 3 unspecified atom stereocenters. The van der Waals surface area contributed by atoms with Crippen LogP contribution in [0.4, 0.5) is 17.1 Å². The largest absolute Gasteiger partial charge is 0.743 e. The van der Waals surface area contributed by atoms with Crippen molar-refractivity contribution in [2.45, 2.75) is 69.5 Å². The first-order chi connectivity index (χ1) is 32.9. The molecular weight excluding hydrogens is 940 g/mol. The quantitative estimate of drug-likeness (QED) is 0.0706. The van der Waals surface area contributed by atoms with Crippen LogP contribution in [0.15, 0.2) is 159 Å². The first-order valence-electron chi connectivity index (χ1n) is 22.8. The molecule has 3 atom stereocenters. The number of nitrogens with zero attached hydrogens (tertiary/aromatic N) is 4. The summed E-state index contributed by atoms with van der Waals surface area (Å²) in [5.41, 5.74) is 5.86. The third-order valence-electron chi connectivity index (χ3n) is 13.4. The lowest BCUT2D eigenvalue weighted by atomic mass is 10.1. The number of rotatable bonds is 11. The maximum Gasteiger partial charge on any atom is 0.374 e. The second kappa shape index (κ2) is 17.6. The topological polar surface area (TPSA) is 108 Å². The molecule has 11 nitrogen and oxygen atoms in total. The van der Waals surface area contributed by atoms with Gasteiger partial charge in [0.2, 0.25) is 11.5 Å². The lowest BCUT2D eigenvalue weighted by Gasteiger charge is -2.39. The van der Waals surface area contributed by atoms with Crippen LogP contribution in [0.3, 0.4) is 0 Å². The van der Waals surface area contributed by atoms with Crippen LogP contribution in [0.2, 0.25) is 10.0 Å². The van der Waals surface area contributed by atoms with E-state index in [1.807, 2.05) is 120 Å². The number of ether oxygens (including phenoxy) is 2. The predicted octanol–water partition coefficient (Wildman–Crippen LogP) is 13.0. The third kappa shape index (κ3) is 7.83. The Bertz CT molecular complexity index is 3440. The number of hydrogen-bond acceptors (Lipinski definition) is 10. The molecule has 0 amide bonds. The van der Waals surface area contributed by atoms with E-state index < -0.39 is 21.7 Å². The minimum absolute atomic E-state index is 0.0395. The molecular formula is C53H47Cl2N4O7S2+. The number of quaternary nitrogens is 1. The summed E-state index contributed by atoms with van der Waals surface area (Å²) in [7, 11) is -4.72. The van der Waals surface area contributed by atoms with Crippen LogP contribution in [-0.4, -0.2) is 37.8 Å². The highest BCUT2D eigenvalue weighted by Gasteiger charge is 2.58. The monoisotopic (exact) mass is 985 g/mol. The molecule has 7 aromatic rings. The van der Waals surface area contributed by atoms with Crippen molar-refractivity contribution in [1.29, 1.82) is 0 Å². The number of oxazole rings is 1. The van der Waals surface area contributed by atoms with Crippen molar-refractivity contribution < 1.29 is 36.3 Å². The van der Waals surface area contributed by atoms with Crippen molar-refractivity contribution in [1.82, 2.24) is 4.48 Å². The van der Waals surface area contributed by atoms with Gasteiger partial charge in [0.15, 0.2) is 29.3 Å². The summed E-state index contributed by atoms with van der Waals surface area (Å²) < 4.78 is 61.2. The molecule has 6 aromatic carbocycles. The molecule has 15 heteroatoms. The molecule has 0 N–H and O–H groups in total. The number of thioether (sulfide) groups is 1. The summed E-state index contributed by atoms with van der Waals surface area (Å²) in [6.45, 7) is 7.40. The first-order valence-corrected chi connectivity index (χ1v) is 25.9. The van der Waals surface area contributed by atoms with Crippen molar-refractivity contribution >= 4 is 101 Å². The van der Waals surface area contributed by atoms with Crippen LogP contribution in [0.1, 0.15) is 52.3 Å². The van der Waals surface area contributed by atoms with Gasteiger partial charge >= 0.3 is 5.89 Å². The number of anilines is 2. The minimum atomic E-state index is -4.72. The van der Waals surface area contributed by atoms with E-state index in [1.165, 1.54) is 0 Å². The van der Waals surface area contributed by atoms with Crippen LogP contribution >= 0.6 is 35.0 Å². The summed E-state index contributed by atoms with van der Waals surface area (Å²) in [6, 6.07) is 35.5. The summed E-state index contributed by atoms with van der Waals surface area (Å²) >= 11 is 14.6. The molecule has 4 aliphatic heterocycles. The average Bonchev–Trinajstić information content (AvgIpc) is 4.14. The number of fused-ring (bicyclic) bond motifs is 7. The Kier molecular flexibility index (Phi) is 11.6. The third-order valence-corrected chi connectivity index (χ3v) is 16.2. The fourth-order valence-electron chi connectivity index (χ4n) is 10.1. The highest BCUT2D eigenvalue weighted by atomic mass is 35.5. The van der Waals surface area contributed by atoms with Crippen molar-refractivity contribution in [2.24, 2.45) is 0 Å². The number of aryl methyl sites for hydroxylation is 1. The molecule has 11 rings (SSSR count). The smallest absolute Gasteiger partial charge is 0.374 e. The molecule has 1 spiro atoms. The maximum absolute atomic E-state index is 13.1. The molecule has 1 aromatic heterocycles. The molecule has 0 bridgehead atoms. The molecule has 68 heavy (non-hydrogen) atoms. The van der Waals surface area contributed by atoms with Gasteiger partial charge < -0.3 is 18.4 Å². The Hall–Kier alpha value is -5.77. The van der Waals surface area contributed by atoms with Gasteiger partial charge in [-0.25, -0.2) is 22.8 Å². The van der Waals surface area contributed by atoms with Gasteiger partial charge in [0, 0.05) is 52.1 Å². The van der Waals surface area contributed by atoms with Crippen molar-refractivity contribution in [3.8, 4) is 11.5 Å². The summed E-state index contributed by atoms with van der Waals surface area (Å²) in [6.07, 6.45) is 9.41. The van der Waals surface area contributed by atoms with E-state index in [2.05, 4.69) is 48.8 Å². The zero-order valence-electron chi connectivity index (χ0n) is 37.5. The van der Waals surface area contributed by atoms with Gasteiger partial charge in [0.25, 0.3) is 11.7 Å². The number of aromatic nitrogens is 1. The van der Waals surface area contributed by atoms with Gasteiger partial charge in [0.05, 0.1) is 24.0 Å². The number of hydrogen-bond donors (Lipinski definition) is 0. The molecule has 4 aliphatic rings. The van der Waals surface area contributed by atoms with Gasteiger partial charge in [0.1, 0.15) is 21.7 Å². The predicted molar refractivity (Wildman–Crippen MR) is 270 cm³/mol. The molecule has 1 saturated heterocycles. The molecule has 5 heterocycles. The van der Waals surface area contributed by atoms with Crippen LogP contribution in [-0.2, 0) is 21.5 Å². The van der Waals surface area contributed by atoms with Crippen molar-refractivity contribution in [3.05, 3.63) is 165 Å². The Morgan fingerprint density at radius 2 is 1.54 bits per heavy atom. The van der Waals surface area contributed by atoms with Gasteiger partial charge in [-0.1, -0.05) is 97.3 Å². The highest BCUT2D eigenvalue weighted by Crippen LogP contribution is 2.53. The number of benzene rings is 6. The normalized spacial score (nSPS) is 21.4. The fraction of sp³-hybridized carbons (Fsp3) is 0.226. The second-order valence-corrected chi connectivity index (χ2v) is 20.8. The summed E-state index contributed by atoms with van der Waals surface area (Å²) in [5, 5.41) is 6.66. The van der Waals surface area contributed by atoms with Gasteiger partial charge in [-0.15, -0.1) is 0 Å². The molecule has 346 valence electrons. The van der Waals surface area contributed by atoms with Gasteiger partial charge in [-0.3, -0.25) is 4.90 Å². The lowest BCUT2D eigenvalue weighted by Crippen LogP contribution is -2.60. The van der Waals surface area contributed by atoms with Crippen LogP contribution in [0.25, 0.3) is 38.7 Å². The van der Waals surface area contributed by atoms with E-state index in [9.17, 15) is 13.0 Å². The van der Waals surface area contributed by atoms with E-state index in [0.29, 0.717) is 71.4 Å². The van der Waals surface area contributed by atoms with Crippen molar-refractivity contribution in [2.75, 3.05) is 23.2 Å². The SMILES string of the molecule is CCC(=Cc1oc2ccc(Cl)cc2[n+]1CC)C=C1Sc2ccc(Cl)cc2N1OCN1C(=CC(=CC2Oc3cc4ccccc4cc3[N+]23CCCC3S(=O)(=O)[O-])CC)Oc2cc3ccccc3cc21. The number of hydroxylamine groups is 1. The van der Waals surface area contributed by atoms with Crippen LogP contribution < -0.4 is 28.5 Å². The molecule has 0 radical (unpaired) electrons. The van der Waals surface area contributed by atoms with E-state index in [0.717, 1.165) is 65.1 Å². The van der Waals surface area contributed by atoms with Crippen molar-refractivity contribution in [3.63, 3.8) is 0 Å². The number of allylic oxidation sites excluding steroid dienone is 4. The first kappa shape index (κ1) is 44.7. The van der Waals surface area contributed by atoms with E-state index in [-0.39, 0.29) is 17.6 Å². The maximum atomic E-state index is 13.1. The fourth-order valence-corrected chi connectivity index (χ4v) is 12.7. The average molecular weight is 987 g/mol. The lowest BCUT2D eigenvalue weighted by molar-refractivity contribution is -0.674. The zero-order valence-corrected chi connectivity index (χ0v) is 40.7. The zero-order chi connectivity index (χ0) is 46.9. The minimum Gasteiger partial charge on any atom is -0.743 e. The van der Waals surface area contributed by atoms with Gasteiger partial charge in [-0.2, -0.15) is 4.57 Å². The van der Waals surface area contributed by atoms with E-state index in [4.69, 9.17) is 41.9 Å². The van der Waals surface area contributed by atoms with Gasteiger partial charge in [-0.05, 0) is 107 Å².